The van der Waals surface area contributed by atoms with E-state index in [1.165, 1.54) is 23.3 Å². The molecule has 9 nitrogen and oxygen atoms in total. The summed E-state index contributed by atoms with van der Waals surface area (Å²) in [7, 11) is 0. The second-order valence-corrected chi connectivity index (χ2v) is 11.5. The van der Waals surface area contributed by atoms with Crippen molar-refractivity contribution in [3.05, 3.63) is 94.3 Å². The van der Waals surface area contributed by atoms with Crippen LogP contribution in [-0.2, 0) is 30.5 Å². The average molecular weight is 627 g/mol. The highest BCUT2D eigenvalue weighted by atomic mass is 32.2. The molecule has 0 aliphatic carbocycles. The van der Waals surface area contributed by atoms with Crippen LogP contribution >= 0.6 is 11.9 Å². The topological polar surface area (TPSA) is 118 Å². The number of fused-ring (bicyclic) bond motifs is 1. The quantitative estimate of drug-likeness (QED) is 0.144. The van der Waals surface area contributed by atoms with E-state index in [0.29, 0.717) is 34.3 Å². The van der Waals surface area contributed by atoms with Gasteiger partial charge in [-0.3, -0.25) is 4.79 Å². The Bertz CT molecular complexity index is 1690. The lowest BCUT2D eigenvalue weighted by atomic mass is 9.98. The molecule has 44 heavy (non-hydrogen) atoms. The molecule has 1 aliphatic rings. The number of benzene rings is 2. The Morgan fingerprint density at radius 1 is 1.07 bits per heavy atom. The molecule has 0 spiro atoms. The third kappa shape index (κ3) is 7.22. The fraction of sp³-hybridized carbons (Fsp3) is 0.290. The molecule has 13 heteroatoms. The zero-order valence-electron chi connectivity index (χ0n) is 23.7. The summed E-state index contributed by atoms with van der Waals surface area (Å²) in [5, 5.41) is 21.8. The van der Waals surface area contributed by atoms with Crippen LogP contribution in [-0.4, -0.2) is 53.5 Å². The number of halogens is 3. The van der Waals surface area contributed by atoms with E-state index in [1.807, 2.05) is 25.1 Å². The molecule has 2 aromatic heterocycles. The highest BCUT2D eigenvalue weighted by molar-refractivity contribution is 7.96. The summed E-state index contributed by atoms with van der Waals surface area (Å²) in [6.45, 7) is 3.77. The van der Waals surface area contributed by atoms with Crippen LogP contribution in [0.4, 0.5) is 13.2 Å². The maximum atomic E-state index is 13.8. The molecule has 3 heterocycles. The third-order valence-corrected chi connectivity index (χ3v) is 8.23. The highest BCUT2D eigenvalue weighted by Gasteiger charge is 2.41. The van der Waals surface area contributed by atoms with E-state index in [9.17, 15) is 27.9 Å². The maximum Gasteiger partial charge on any atom is 0.434 e. The lowest BCUT2D eigenvalue weighted by Crippen LogP contribution is -2.25. The molecule has 0 atom stereocenters. The Morgan fingerprint density at radius 2 is 1.89 bits per heavy atom. The van der Waals surface area contributed by atoms with E-state index >= 15 is 0 Å². The Hall–Kier alpha value is -4.36. The van der Waals surface area contributed by atoms with Gasteiger partial charge in [0.2, 0.25) is 0 Å². The van der Waals surface area contributed by atoms with Gasteiger partial charge in [-0.15, -0.1) is 0 Å². The second kappa shape index (κ2) is 13.1. The summed E-state index contributed by atoms with van der Waals surface area (Å²) in [5.74, 6) is -1.45. The Balaban J connectivity index is 1.33. The summed E-state index contributed by atoms with van der Waals surface area (Å²) < 4.78 is 50.4. The van der Waals surface area contributed by atoms with Crippen LogP contribution in [0.3, 0.4) is 0 Å². The second-order valence-electron chi connectivity index (χ2n) is 10.3. The van der Waals surface area contributed by atoms with Gasteiger partial charge in [0, 0.05) is 30.8 Å². The van der Waals surface area contributed by atoms with Crippen LogP contribution in [0.15, 0.2) is 60.8 Å². The number of carboxylic acid groups (broad SMARTS) is 2. The SMILES string of the molecule is Cc1ccc(OCc2ccc3c(c2)CCN(SCCCC(=O)O)C3)c(-c2cccc(-n3ncc(C(=O)O)c3C(F)(F)F)n2)c1. The molecule has 0 radical (unpaired) electrons. The molecule has 1 aliphatic heterocycles. The van der Waals surface area contributed by atoms with Crippen LogP contribution < -0.4 is 4.74 Å². The van der Waals surface area contributed by atoms with Gasteiger partial charge in [-0.05, 0) is 60.7 Å². The highest BCUT2D eigenvalue weighted by Crippen LogP contribution is 2.35. The zero-order valence-corrected chi connectivity index (χ0v) is 24.5. The summed E-state index contributed by atoms with van der Waals surface area (Å²) in [5.41, 5.74) is 2.83. The van der Waals surface area contributed by atoms with E-state index < -0.39 is 29.4 Å². The lowest BCUT2D eigenvalue weighted by Gasteiger charge is -2.28. The summed E-state index contributed by atoms with van der Waals surface area (Å²) in [4.78, 5) is 26.6. The van der Waals surface area contributed by atoms with Crippen molar-refractivity contribution < 1.29 is 37.7 Å². The van der Waals surface area contributed by atoms with Crippen molar-refractivity contribution in [3.8, 4) is 22.8 Å². The number of hydrogen-bond donors (Lipinski definition) is 2. The van der Waals surface area contributed by atoms with E-state index in [-0.39, 0.29) is 18.8 Å². The number of nitrogens with zero attached hydrogens (tertiary/aromatic N) is 4. The molecule has 2 N–H and O–H groups in total. The van der Waals surface area contributed by atoms with Gasteiger partial charge in [0.1, 0.15) is 17.9 Å². The molecule has 2 aromatic carbocycles. The van der Waals surface area contributed by atoms with Crippen molar-refractivity contribution in [3.63, 3.8) is 0 Å². The number of aryl methyl sites for hydroxylation is 1. The van der Waals surface area contributed by atoms with Gasteiger partial charge in [-0.2, -0.15) is 18.3 Å². The van der Waals surface area contributed by atoms with E-state index in [1.54, 1.807) is 24.1 Å². The Labute approximate surface area is 255 Å². The first-order valence-electron chi connectivity index (χ1n) is 13.8. The molecule has 0 amide bonds. The number of aliphatic carboxylic acids is 1. The molecule has 0 fully saturated rings. The van der Waals surface area contributed by atoms with Crippen molar-refractivity contribution in [2.75, 3.05) is 12.3 Å². The molecule has 5 rings (SSSR count). The Morgan fingerprint density at radius 3 is 2.64 bits per heavy atom. The number of rotatable bonds is 11. The van der Waals surface area contributed by atoms with Gasteiger partial charge in [0.15, 0.2) is 11.5 Å². The number of aromatic nitrogens is 3. The number of carboxylic acids is 2. The largest absolute Gasteiger partial charge is 0.488 e. The molecular weight excluding hydrogens is 597 g/mol. The van der Waals surface area contributed by atoms with Crippen molar-refractivity contribution >= 4 is 23.9 Å². The van der Waals surface area contributed by atoms with E-state index in [2.05, 4.69) is 26.5 Å². The molecule has 4 aromatic rings. The molecular formula is C31H29F3N4O5S. The first-order chi connectivity index (χ1) is 21.0. The first kappa shape index (κ1) is 31.1. The number of alkyl halides is 3. The minimum absolute atomic E-state index is 0.169. The minimum Gasteiger partial charge on any atom is -0.488 e. The minimum atomic E-state index is -4.96. The van der Waals surface area contributed by atoms with Gasteiger partial charge in [-0.25, -0.2) is 18.8 Å². The van der Waals surface area contributed by atoms with Gasteiger partial charge in [-0.1, -0.05) is 47.8 Å². The molecule has 0 saturated heterocycles. The molecule has 230 valence electrons. The van der Waals surface area contributed by atoms with Crippen LogP contribution in [0.25, 0.3) is 17.1 Å². The van der Waals surface area contributed by atoms with Crippen molar-refractivity contribution in [2.24, 2.45) is 0 Å². The average Bonchev–Trinajstić information content (AvgIpc) is 3.45. The number of aromatic carboxylic acids is 1. The Kier molecular flexibility index (Phi) is 9.25. The van der Waals surface area contributed by atoms with Crippen LogP contribution in [0.5, 0.6) is 5.75 Å². The van der Waals surface area contributed by atoms with Crippen LogP contribution in [0.1, 0.15) is 51.1 Å². The van der Waals surface area contributed by atoms with Gasteiger partial charge >= 0.3 is 18.1 Å². The van der Waals surface area contributed by atoms with Gasteiger partial charge in [0.05, 0.1) is 11.9 Å². The number of ether oxygens (including phenoxy) is 1. The molecule has 0 unspecified atom stereocenters. The van der Waals surface area contributed by atoms with Gasteiger partial charge < -0.3 is 14.9 Å². The van der Waals surface area contributed by atoms with E-state index in [0.717, 1.165) is 36.4 Å². The van der Waals surface area contributed by atoms with Crippen molar-refractivity contribution in [2.45, 2.75) is 45.5 Å². The number of pyridine rings is 1. The number of carbonyl (C=O) groups is 2. The zero-order chi connectivity index (χ0) is 31.4. The predicted octanol–water partition coefficient (Wildman–Crippen LogP) is 6.41. The smallest absolute Gasteiger partial charge is 0.434 e. The summed E-state index contributed by atoms with van der Waals surface area (Å²) in [6.07, 6.45) is -2.64. The van der Waals surface area contributed by atoms with Crippen LogP contribution in [0, 0.1) is 6.92 Å². The maximum absolute atomic E-state index is 13.8. The fourth-order valence-corrected chi connectivity index (χ4v) is 5.95. The standard InChI is InChI=1S/C31H29F3N4O5S/c1-19-7-10-26(43-18-20-8-9-22-17-37(12-11-21(22)15-20)44-13-3-6-28(39)40)23(14-19)25-4-2-5-27(36-25)38-29(31(32,33)34)24(16-35-38)30(41)42/h2,4-5,7-10,14-16H,3,6,11-13,17-18H2,1H3,(H,39,40)(H,41,42). The lowest BCUT2D eigenvalue weighted by molar-refractivity contribution is -0.143. The predicted molar refractivity (Wildman–Crippen MR) is 158 cm³/mol. The van der Waals surface area contributed by atoms with Crippen molar-refractivity contribution in [1.29, 1.82) is 0 Å². The normalized spacial score (nSPS) is 13.5. The summed E-state index contributed by atoms with van der Waals surface area (Å²) >= 11 is 1.67. The van der Waals surface area contributed by atoms with Crippen LogP contribution in [0.2, 0.25) is 0 Å². The van der Waals surface area contributed by atoms with Crippen molar-refractivity contribution in [1.82, 2.24) is 19.1 Å². The fourth-order valence-electron chi connectivity index (χ4n) is 4.97. The summed E-state index contributed by atoms with van der Waals surface area (Å²) in [6, 6.07) is 16.2. The first-order valence-corrected chi connectivity index (χ1v) is 14.7. The third-order valence-electron chi connectivity index (χ3n) is 7.08. The number of hydrogen-bond acceptors (Lipinski definition) is 7. The monoisotopic (exact) mass is 626 g/mol. The molecule has 0 bridgehead atoms. The van der Waals surface area contributed by atoms with E-state index in [4.69, 9.17) is 9.84 Å². The molecule has 0 saturated carbocycles. The van der Waals surface area contributed by atoms with Gasteiger partial charge in [0.25, 0.3) is 0 Å².